The summed E-state index contributed by atoms with van der Waals surface area (Å²) in [6.07, 6.45) is 0.358. The highest BCUT2D eigenvalue weighted by atomic mass is 35.5. The predicted molar refractivity (Wildman–Crippen MR) is 82.8 cm³/mol. The first-order chi connectivity index (χ1) is 9.56. The van der Waals surface area contributed by atoms with Crippen LogP contribution in [0.4, 0.5) is 5.69 Å². The van der Waals surface area contributed by atoms with Crippen molar-refractivity contribution in [3.8, 4) is 0 Å². The molecule has 0 aromatic heterocycles. The third kappa shape index (κ3) is 5.00. The van der Waals surface area contributed by atoms with Gasteiger partial charge >= 0.3 is 0 Å². The molecule has 0 bridgehead atoms. The number of carbonyl (C=O) groups is 2. The summed E-state index contributed by atoms with van der Waals surface area (Å²) in [5.41, 5.74) is 7.11. The van der Waals surface area contributed by atoms with Crippen molar-refractivity contribution in [2.75, 3.05) is 25.1 Å². The van der Waals surface area contributed by atoms with Crippen molar-refractivity contribution in [3.63, 3.8) is 0 Å². The minimum atomic E-state index is -0.469. The Balaban J connectivity index is 0.00000220. The van der Waals surface area contributed by atoms with Crippen molar-refractivity contribution in [1.29, 1.82) is 0 Å². The van der Waals surface area contributed by atoms with Crippen molar-refractivity contribution in [2.45, 2.75) is 19.4 Å². The molecule has 1 aliphatic heterocycles. The van der Waals surface area contributed by atoms with E-state index in [9.17, 15) is 9.59 Å². The molecule has 1 heterocycles. The predicted octanol–water partition coefficient (Wildman–Crippen LogP) is 0.833. The van der Waals surface area contributed by atoms with Crippen LogP contribution in [0, 0.1) is 6.92 Å². The van der Waals surface area contributed by atoms with Crippen LogP contribution in [0.2, 0.25) is 0 Å². The second-order valence-electron chi connectivity index (χ2n) is 4.87. The lowest BCUT2D eigenvalue weighted by atomic mass is 10.1. The summed E-state index contributed by atoms with van der Waals surface area (Å²) in [4.78, 5) is 23.0. The van der Waals surface area contributed by atoms with Gasteiger partial charge in [-0.25, -0.2) is 0 Å². The number of hydrogen-bond acceptors (Lipinski definition) is 4. The van der Waals surface area contributed by atoms with Gasteiger partial charge in [-0.3, -0.25) is 9.59 Å². The monoisotopic (exact) mass is 313 g/mol. The number of nitrogens with two attached hydrogens (primary N) is 1. The van der Waals surface area contributed by atoms with E-state index in [0.717, 1.165) is 12.1 Å². The zero-order chi connectivity index (χ0) is 14.5. The molecule has 0 spiro atoms. The van der Waals surface area contributed by atoms with E-state index < -0.39 is 5.91 Å². The molecular formula is C14H20ClN3O3. The Kier molecular flexibility index (Phi) is 6.61. The number of halogens is 1. The van der Waals surface area contributed by atoms with Gasteiger partial charge in [-0.05, 0) is 30.7 Å². The first-order valence-corrected chi connectivity index (χ1v) is 6.57. The van der Waals surface area contributed by atoms with Gasteiger partial charge in [0.1, 0.15) is 0 Å². The van der Waals surface area contributed by atoms with E-state index in [1.807, 2.05) is 0 Å². The number of nitrogens with one attached hydrogen (secondary N) is 2. The lowest BCUT2D eigenvalue weighted by Crippen LogP contribution is -2.43. The first kappa shape index (κ1) is 17.4. The van der Waals surface area contributed by atoms with Crippen LogP contribution in [0.25, 0.3) is 0 Å². The van der Waals surface area contributed by atoms with E-state index >= 15 is 0 Å². The molecule has 1 aromatic carbocycles. The normalized spacial score (nSPS) is 17.7. The van der Waals surface area contributed by atoms with Crippen molar-refractivity contribution in [3.05, 3.63) is 29.3 Å². The average molecular weight is 314 g/mol. The Morgan fingerprint density at radius 3 is 2.81 bits per heavy atom. The highest BCUT2D eigenvalue weighted by molar-refractivity contribution is 5.96. The summed E-state index contributed by atoms with van der Waals surface area (Å²) in [7, 11) is 0. The molecule has 0 saturated carbocycles. The largest absolute Gasteiger partial charge is 0.378 e. The maximum absolute atomic E-state index is 11.9. The molecule has 1 fully saturated rings. The van der Waals surface area contributed by atoms with Crippen LogP contribution in [0.15, 0.2) is 18.2 Å². The molecule has 2 rings (SSSR count). The molecule has 1 unspecified atom stereocenters. The van der Waals surface area contributed by atoms with Crippen LogP contribution in [-0.2, 0) is 9.53 Å². The van der Waals surface area contributed by atoms with Crippen LogP contribution in [-0.4, -0.2) is 37.6 Å². The fourth-order valence-electron chi connectivity index (χ4n) is 2.20. The Morgan fingerprint density at radius 1 is 1.48 bits per heavy atom. The lowest BCUT2D eigenvalue weighted by Gasteiger charge is -2.23. The summed E-state index contributed by atoms with van der Waals surface area (Å²) in [6, 6.07) is 5.09. The van der Waals surface area contributed by atoms with E-state index in [0.29, 0.717) is 30.9 Å². The first-order valence-electron chi connectivity index (χ1n) is 6.57. The van der Waals surface area contributed by atoms with Crippen molar-refractivity contribution < 1.29 is 14.3 Å². The highest BCUT2D eigenvalue weighted by Gasteiger charge is 2.17. The number of morpholine rings is 1. The lowest BCUT2D eigenvalue weighted by molar-refractivity contribution is -0.117. The number of ether oxygens (including phenoxy) is 1. The van der Waals surface area contributed by atoms with E-state index in [1.165, 1.54) is 0 Å². The fourth-order valence-corrected chi connectivity index (χ4v) is 2.20. The van der Waals surface area contributed by atoms with Gasteiger partial charge in [0.05, 0.1) is 13.2 Å². The van der Waals surface area contributed by atoms with Gasteiger partial charge in [0.25, 0.3) is 0 Å². The van der Waals surface area contributed by atoms with Crippen LogP contribution in [0.5, 0.6) is 0 Å². The second kappa shape index (κ2) is 7.97. The highest BCUT2D eigenvalue weighted by Crippen LogP contribution is 2.15. The summed E-state index contributed by atoms with van der Waals surface area (Å²) in [5, 5.41) is 6.03. The molecule has 21 heavy (non-hydrogen) atoms. The molecule has 4 N–H and O–H groups in total. The van der Waals surface area contributed by atoms with Crippen molar-refractivity contribution in [1.82, 2.24) is 5.32 Å². The molecule has 1 saturated heterocycles. The van der Waals surface area contributed by atoms with E-state index in [1.54, 1.807) is 25.1 Å². The zero-order valence-corrected chi connectivity index (χ0v) is 12.7. The number of hydrogen-bond donors (Lipinski definition) is 3. The summed E-state index contributed by atoms with van der Waals surface area (Å²) in [6.45, 7) is 3.79. The van der Waals surface area contributed by atoms with E-state index in [-0.39, 0.29) is 24.4 Å². The zero-order valence-electron chi connectivity index (χ0n) is 11.8. The Morgan fingerprint density at radius 2 is 2.24 bits per heavy atom. The number of carbonyl (C=O) groups excluding carboxylic acids is 2. The van der Waals surface area contributed by atoms with Crippen molar-refractivity contribution >= 4 is 29.9 Å². The summed E-state index contributed by atoms with van der Waals surface area (Å²) >= 11 is 0. The molecule has 2 amide bonds. The average Bonchev–Trinajstić information content (AvgIpc) is 2.39. The number of primary amides is 1. The third-order valence-electron chi connectivity index (χ3n) is 3.21. The minimum Gasteiger partial charge on any atom is -0.378 e. The van der Waals surface area contributed by atoms with Crippen LogP contribution in [0.1, 0.15) is 22.3 Å². The van der Waals surface area contributed by atoms with Crippen LogP contribution in [0.3, 0.4) is 0 Å². The maximum Gasteiger partial charge on any atom is 0.248 e. The minimum absolute atomic E-state index is 0. The molecule has 0 aliphatic carbocycles. The fraction of sp³-hybridized carbons (Fsp3) is 0.429. The number of rotatable bonds is 4. The molecule has 116 valence electrons. The maximum atomic E-state index is 11.9. The number of benzene rings is 1. The van der Waals surface area contributed by atoms with Gasteiger partial charge in [-0.15, -0.1) is 12.4 Å². The van der Waals surface area contributed by atoms with Gasteiger partial charge in [-0.2, -0.15) is 0 Å². The third-order valence-corrected chi connectivity index (χ3v) is 3.21. The molecule has 1 aromatic rings. The van der Waals surface area contributed by atoms with Gasteiger partial charge in [-0.1, -0.05) is 0 Å². The second-order valence-corrected chi connectivity index (χ2v) is 4.87. The Labute approximate surface area is 129 Å². The van der Waals surface area contributed by atoms with Gasteiger partial charge < -0.3 is 21.1 Å². The SMILES string of the molecule is Cc1cc(NC(=O)CC2COCCN2)ccc1C(N)=O.Cl. The smallest absolute Gasteiger partial charge is 0.248 e. The topological polar surface area (TPSA) is 93.4 Å². The number of amides is 2. The Bertz CT molecular complexity index is 516. The molecular weight excluding hydrogens is 294 g/mol. The molecule has 6 nitrogen and oxygen atoms in total. The van der Waals surface area contributed by atoms with Gasteiger partial charge in [0, 0.05) is 30.3 Å². The Hall–Kier alpha value is -1.63. The number of anilines is 1. The molecule has 7 heteroatoms. The number of aryl methyl sites for hydroxylation is 1. The standard InChI is InChI=1S/C14H19N3O3.ClH/c1-9-6-10(2-3-12(9)14(15)19)17-13(18)7-11-8-20-5-4-16-11;/h2-3,6,11,16H,4-5,7-8H2,1H3,(H2,15,19)(H,17,18);1H. The van der Waals surface area contributed by atoms with Gasteiger partial charge in [0.15, 0.2) is 0 Å². The van der Waals surface area contributed by atoms with E-state index in [2.05, 4.69) is 10.6 Å². The molecule has 1 atom stereocenters. The summed E-state index contributed by atoms with van der Waals surface area (Å²) in [5.74, 6) is -0.553. The summed E-state index contributed by atoms with van der Waals surface area (Å²) < 4.78 is 5.30. The van der Waals surface area contributed by atoms with Crippen LogP contribution < -0.4 is 16.4 Å². The molecule has 1 aliphatic rings. The van der Waals surface area contributed by atoms with Crippen molar-refractivity contribution in [2.24, 2.45) is 5.73 Å². The van der Waals surface area contributed by atoms with Gasteiger partial charge in [0.2, 0.25) is 11.8 Å². The molecule has 0 radical (unpaired) electrons. The quantitative estimate of drug-likeness (QED) is 0.767. The van der Waals surface area contributed by atoms with E-state index in [4.69, 9.17) is 10.5 Å². The van der Waals surface area contributed by atoms with Crippen LogP contribution >= 0.6 is 12.4 Å².